The molecule has 0 saturated carbocycles. The van der Waals surface area contributed by atoms with Crippen LogP contribution in [-0.4, -0.2) is 57.1 Å². The number of methoxy groups -OCH3 is 2. The third-order valence-corrected chi connectivity index (χ3v) is 4.73. The SMILES string of the molecule is COc1ccc(C(=O)N2CCN(c3cccc(NC(C)=O)c3)CC2)cc1OC. The molecule has 3 rings (SSSR count). The lowest BCUT2D eigenvalue weighted by molar-refractivity contribution is -0.114. The third-order valence-electron chi connectivity index (χ3n) is 4.73. The van der Waals surface area contributed by atoms with Crippen molar-refractivity contribution in [2.24, 2.45) is 0 Å². The molecule has 7 heteroatoms. The zero-order valence-electron chi connectivity index (χ0n) is 16.4. The lowest BCUT2D eigenvalue weighted by Crippen LogP contribution is -2.48. The Kier molecular flexibility index (Phi) is 6.03. The van der Waals surface area contributed by atoms with E-state index in [-0.39, 0.29) is 11.8 Å². The van der Waals surface area contributed by atoms with Crippen LogP contribution in [0.2, 0.25) is 0 Å². The van der Waals surface area contributed by atoms with Crippen LogP contribution in [0.5, 0.6) is 11.5 Å². The van der Waals surface area contributed by atoms with Crippen molar-refractivity contribution >= 4 is 23.2 Å². The Morgan fingerprint density at radius 3 is 2.29 bits per heavy atom. The van der Waals surface area contributed by atoms with Gasteiger partial charge in [-0.3, -0.25) is 9.59 Å². The molecular formula is C21H25N3O4. The minimum absolute atomic E-state index is 0.0207. The highest BCUT2D eigenvalue weighted by atomic mass is 16.5. The quantitative estimate of drug-likeness (QED) is 0.859. The molecule has 0 aliphatic carbocycles. The number of ether oxygens (including phenoxy) is 2. The summed E-state index contributed by atoms with van der Waals surface area (Å²) < 4.78 is 10.5. The van der Waals surface area contributed by atoms with Crippen LogP contribution < -0.4 is 19.7 Å². The number of rotatable bonds is 5. The summed E-state index contributed by atoms with van der Waals surface area (Å²) in [5.74, 6) is 1.03. The molecular weight excluding hydrogens is 358 g/mol. The van der Waals surface area contributed by atoms with Gasteiger partial charge in [-0.05, 0) is 36.4 Å². The number of nitrogens with one attached hydrogen (secondary N) is 1. The summed E-state index contributed by atoms with van der Waals surface area (Å²) >= 11 is 0. The van der Waals surface area contributed by atoms with Crippen LogP contribution in [0.3, 0.4) is 0 Å². The molecule has 28 heavy (non-hydrogen) atoms. The molecule has 0 atom stereocenters. The molecule has 0 radical (unpaired) electrons. The van der Waals surface area contributed by atoms with Crippen LogP contribution in [0, 0.1) is 0 Å². The Morgan fingerprint density at radius 1 is 0.929 bits per heavy atom. The molecule has 0 aromatic heterocycles. The summed E-state index contributed by atoms with van der Waals surface area (Å²) in [6, 6.07) is 13.0. The Balaban J connectivity index is 1.65. The maximum absolute atomic E-state index is 12.8. The lowest BCUT2D eigenvalue weighted by Gasteiger charge is -2.36. The highest BCUT2D eigenvalue weighted by molar-refractivity contribution is 5.95. The zero-order chi connectivity index (χ0) is 20.1. The Bertz CT molecular complexity index is 860. The minimum Gasteiger partial charge on any atom is -0.493 e. The van der Waals surface area contributed by atoms with Crippen LogP contribution in [0.25, 0.3) is 0 Å². The van der Waals surface area contributed by atoms with Crippen LogP contribution in [0.15, 0.2) is 42.5 Å². The van der Waals surface area contributed by atoms with Crippen molar-refractivity contribution < 1.29 is 19.1 Å². The first kappa shape index (κ1) is 19.5. The Labute approximate surface area is 164 Å². The normalized spacial score (nSPS) is 13.8. The van der Waals surface area contributed by atoms with Gasteiger partial charge >= 0.3 is 0 Å². The van der Waals surface area contributed by atoms with Crippen LogP contribution in [0.1, 0.15) is 17.3 Å². The molecule has 148 valence electrons. The number of carbonyl (C=O) groups excluding carboxylic acids is 2. The van der Waals surface area contributed by atoms with E-state index in [2.05, 4.69) is 10.2 Å². The number of hydrogen-bond donors (Lipinski definition) is 1. The second kappa shape index (κ2) is 8.65. The van der Waals surface area contributed by atoms with E-state index in [9.17, 15) is 9.59 Å². The molecule has 2 amide bonds. The maximum Gasteiger partial charge on any atom is 0.254 e. The fourth-order valence-corrected chi connectivity index (χ4v) is 3.30. The highest BCUT2D eigenvalue weighted by Crippen LogP contribution is 2.28. The van der Waals surface area contributed by atoms with Crippen molar-refractivity contribution in [1.82, 2.24) is 4.90 Å². The fourth-order valence-electron chi connectivity index (χ4n) is 3.30. The minimum atomic E-state index is -0.0949. The van der Waals surface area contributed by atoms with Crippen molar-refractivity contribution in [1.29, 1.82) is 0 Å². The number of piperazine rings is 1. The molecule has 1 heterocycles. The van der Waals surface area contributed by atoms with Gasteiger partial charge in [0.1, 0.15) is 0 Å². The van der Waals surface area contributed by atoms with E-state index in [0.717, 1.165) is 24.5 Å². The van der Waals surface area contributed by atoms with Crippen molar-refractivity contribution in [2.75, 3.05) is 50.6 Å². The van der Waals surface area contributed by atoms with Crippen LogP contribution in [-0.2, 0) is 4.79 Å². The van der Waals surface area contributed by atoms with Crippen molar-refractivity contribution in [3.63, 3.8) is 0 Å². The molecule has 1 N–H and O–H groups in total. The van der Waals surface area contributed by atoms with Gasteiger partial charge in [0.05, 0.1) is 14.2 Å². The molecule has 0 bridgehead atoms. The largest absolute Gasteiger partial charge is 0.493 e. The van der Waals surface area contributed by atoms with E-state index in [1.54, 1.807) is 32.4 Å². The molecule has 2 aromatic carbocycles. The smallest absolute Gasteiger partial charge is 0.254 e. The van der Waals surface area contributed by atoms with E-state index >= 15 is 0 Å². The molecule has 7 nitrogen and oxygen atoms in total. The van der Waals surface area contributed by atoms with E-state index in [1.165, 1.54) is 6.92 Å². The summed E-state index contributed by atoms with van der Waals surface area (Å²) in [7, 11) is 3.12. The highest BCUT2D eigenvalue weighted by Gasteiger charge is 2.23. The number of amides is 2. The standard InChI is InChI=1S/C21H25N3O4/c1-15(25)22-17-5-4-6-18(14-17)23-9-11-24(12-10-23)21(26)16-7-8-19(27-2)20(13-16)28-3/h4-8,13-14H,9-12H2,1-3H3,(H,22,25). The summed E-state index contributed by atoms with van der Waals surface area (Å²) in [5, 5.41) is 2.80. The molecule has 1 fully saturated rings. The average Bonchev–Trinajstić information content (AvgIpc) is 2.72. The predicted octanol–water partition coefficient (Wildman–Crippen LogP) is 2.62. The molecule has 2 aromatic rings. The van der Waals surface area contributed by atoms with Crippen LogP contribution >= 0.6 is 0 Å². The summed E-state index contributed by atoms with van der Waals surface area (Å²) in [5.41, 5.74) is 2.39. The first-order valence-electron chi connectivity index (χ1n) is 9.15. The van der Waals surface area contributed by atoms with Gasteiger partial charge in [-0.25, -0.2) is 0 Å². The van der Waals surface area contributed by atoms with Gasteiger partial charge in [0.25, 0.3) is 5.91 Å². The first-order valence-corrected chi connectivity index (χ1v) is 9.15. The number of carbonyl (C=O) groups is 2. The number of benzene rings is 2. The second-order valence-electron chi connectivity index (χ2n) is 6.58. The van der Waals surface area contributed by atoms with Gasteiger partial charge in [0, 0.05) is 50.0 Å². The molecule has 1 aliphatic rings. The van der Waals surface area contributed by atoms with Gasteiger partial charge in [-0.2, -0.15) is 0 Å². The molecule has 1 aliphatic heterocycles. The average molecular weight is 383 g/mol. The van der Waals surface area contributed by atoms with Crippen molar-refractivity contribution in [3.8, 4) is 11.5 Å². The molecule has 0 spiro atoms. The molecule has 1 saturated heterocycles. The molecule has 0 unspecified atom stereocenters. The number of anilines is 2. The second-order valence-corrected chi connectivity index (χ2v) is 6.58. The summed E-state index contributed by atoms with van der Waals surface area (Å²) in [4.78, 5) is 28.2. The fraction of sp³-hybridized carbons (Fsp3) is 0.333. The van der Waals surface area contributed by atoms with Gasteiger partial charge in [-0.15, -0.1) is 0 Å². The van der Waals surface area contributed by atoms with Crippen LogP contribution in [0.4, 0.5) is 11.4 Å². The van der Waals surface area contributed by atoms with Crippen molar-refractivity contribution in [2.45, 2.75) is 6.92 Å². The number of hydrogen-bond acceptors (Lipinski definition) is 5. The van der Waals surface area contributed by atoms with E-state index in [0.29, 0.717) is 30.2 Å². The first-order chi connectivity index (χ1) is 13.5. The Hall–Kier alpha value is -3.22. The zero-order valence-corrected chi connectivity index (χ0v) is 16.4. The maximum atomic E-state index is 12.8. The Morgan fingerprint density at radius 2 is 1.64 bits per heavy atom. The summed E-state index contributed by atoms with van der Waals surface area (Å²) in [6.45, 7) is 4.19. The summed E-state index contributed by atoms with van der Waals surface area (Å²) in [6.07, 6.45) is 0. The van der Waals surface area contributed by atoms with E-state index in [4.69, 9.17) is 9.47 Å². The van der Waals surface area contributed by atoms with Gasteiger partial charge < -0.3 is 24.6 Å². The van der Waals surface area contributed by atoms with Gasteiger partial charge in [0.15, 0.2) is 11.5 Å². The van der Waals surface area contributed by atoms with E-state index in [1.807, 2.05) is 29.2 Å². The number of nitrogens with zero attached hydrogens (tertiary/aromatic N) is 2. The van der Waals surface area contributed by atoms with Gasteiger partial charge in [0.2, 0.25) is 5.91 Å². The van der Waals surface area contributed by atoms with Gasteiger partial charge in [-0.1, -0.05) is 6.07 Å². The third kappa shape index (κ3) is 4.36. The monoisotopic (exact) mass is 383 g/mol. The lowest BCUT2D eigenvalue weighted by atomic mass is 10.1. The van der Waals surface area contributed by atoms with E-state index < -0.39 is 0 Å². The predicted molar refractivity (Wildman–Crippen MR) is 108 cm³/mol. The topological polar surface area (TPSA) is 71.1 Å². The van der Waals surface area contributed by atoms with Crippen molar-refractivity contribution in [3.05, 3.63) is 48.0 Å².